The van der Waals surface area contributed by atoms with Crippen LogP contribution in [0, 0.1) is 6.92 Å². The maximum Gasteiger partial charge on any atom is 0.407 e. The van der Waals surface area contributed by atoms with Gasteiger partial charge in [0.15, 0.2) is 0 Å². The fourth-order valence-corrected chi connectivity index (χ4v) is 2.13. The number of aromatic nitrogens is 1. The molecule has 1 heterocycles. The Morgan fingerprint density at radius 3 is 2.82 bits per heavy atom. The van der Waals surface area contributed by atoms with Gasteiger partial charge < -0.3 is 10.1 Å². The summed E-state index contributed by atoms with van der Waals surface area (Å²) in [5.74, 6) is 0. The number of carbonyl (C=O) groups excluding carboxylic acids is 1. The molecule has 4 nitrogen and oxygen atoms in total. The number of nitrogens with one attached hydrogen (secondary N) is 1. The minimum absolute atomic E-state index is 0.408. The van der Waals surface area contributed by atoms with Crippen molar-refractivity contribution in [2.24, 2.45) is 0 Å². The van der Waals surface area contributed by atoms with E-state index in [0.29, 0.717) is 6.54 Å². The van der Waals surface area contributed by atoms with Crippen molar-refractivity contribution in [1.29, 1.82) is 0 Å². The quantitative estimate of drug-likeness (QED) is 0.929. The van der Waals surface area contributed by atoms with Crippen LogP contribution in [0.5, 0.6) is 0 Å². The van der Waals surface area contributed by atoms with Gasteiger partial charge in [0.1, 0.15) is 5.60 Å². The first-order valence-electron chi connectivity index (χ1n) is 7.34. The number of hydrogen-bond acceptors (Lipinski definition) is 3. The van der Waals surface area contributed by atoms with Crippen molar-refractivity contribution in [1.82, 2.24) is 10.3 Å². The number of nitrogens with zero attached hydrogens (tertiary/aromatic N) is 1. The highest BCUT2D eigenvalue weighted by Gasteiger charge is 2.14. The molecule has 0 radical (unpaired) electrons. The summed E-state index contributed by atoms with van der Waals surface area (Å²) in [6.45, 7) is 8.00. The molecule has 0 aliphatic rings. The van der Waals surface area contributed by atoms with E-state index in [9.17, 15) is 4.79 Å². The minimum Gasteiger partial charge on any atom is -0.444 e. The average molecular weight is 298 g/mol. The Hall–Kier alpha value is -2.36. The molecule has 2 rings (SSSR count). The van der Waals surface area contributed by atoms with Gasteiger partial charge in [0, 0.05) is 18.1 Å². The largest absolute Gasteiger partial charge is 0.444 e. The van der Waals surface area contributed by atoms with E-state index in [2.05, 4.69) is 29.4 Å². The number of alkyl carbamates (subject to hydrolysis) is 1. The molecule has 0 spiro atoms. The second-order valence-electron chi connectivity index (χ2n) is 6.14. The van der Waals surface area contributed by atoms with E-state index in [1.807, 2.05) is 45.1 Å². The topological polar surface area (TPSA) is 51.2 Å². The van der Waals surface area contributed by atoms with Crippen LogP contribution in [-0.4, -0.2) is 23.2 Å². The van der Waals surface area contributed by atoms with E-state index in [1.165, 1.54) is 0 Å². The molecule has 1 aromatic carbocycles. The number of aryl methyl sites for hydroxylation is 1. The number of rotatable bonds is 3. The third-order valence-corrected chi connectivity index (χ3v) is 3.13. The van der Waals surface area contributed by atoms with E-state index in [4.69, 9.17) is 4.74 Å². The second kappa shape index (κ2) is 6.60. The van der Waals surface area contributed by atoms with Crippen LogP contribution in [-0.2, 0) is 4.74 Å². The van der Waals surface area contributed by atoms with Gasteiger partial charge in [-0.2, -0.15) is 0 Å². The summed E-state index contributed by atoms with van der Waals surface area (Å²) in [6, 6.07) is 8.09. The van der Waals surface area contributed by atoms with Gasteiger partial charge in [-0.25, -0.2) is 4.79 Å². The van der Waals surface area contributed by atoms with Gasteiger partial charge in [-0.15, -0.1) is 0 Å². The van der Waals surface area contributed by atoms with Crippen LogP contribution in [0.2, 0.25) is 0 Å². The summed E-state index contributed by atoms with van der Waals surface area (Å²) in [6.07, 6.45) is 5.28. The molecule has 0 bridgehead atoms. The lowest BCUT2D eigenvalue weighted by atomic mass is 10.0. The van der Waals surface area contributed by atoms with Crippen LogP contribution < -0.4 is 5.32 Å². The monoisotopic (exact) mass is 298 g/mol. The molecule has 0 aliphatic heterocycles. The van der Waals surface area contributed by atoms with Crippen molar-refractivity contribution in [2.45, 2.75) is 33.3 Å². The number of pyridine rings is 1. The zero-order valence-corrected chi connectivity index (χ0v) is 13.5. The molecule has 1 aromatic heterocycles. The Morgan fingerprint density at radius 2 is 2.09 bits per heavy atom. The highest BCUT2D eigenvalue weighted by atomic mass is 16.6. The molecule has 1 N–H and O–H groups in total. The van der Waals surface area contributed by atoms with Crippen LogP contribution in [0.4, 0.5) is 4.79 Å². The average Bonchev–Trinajstić information content (AvgIpc) is 2.44. The van der Waals surface area contributed by atoms with Crippen LogP contribution in [0.25, 0.3) is 17.0 Å². The molecule has 22 heavy (non-hydrogen) atoms. The van der Waals surface area contributed by atoms with Gasteiger partial charge in [0.05, 0.1) is 5.52 Å². The lowest BCUT2D eigenvalue weighted by Crippen LogP contribution is -2.32. The molecule has 116 valence electrons. The summed E-state index contributed by atoms with van der Waals surface area (Å²) in [5, 5.41) is 3.83. The Bertz CT molecular complexity index is 700. The van der Waals surface area contributed by atoms with Gasteiger partial charge in [-0.1, -0.05) is 30.4 Å². The van der Waals surface area contributed by atoms with Crippen molar-refractivity contribution < 1.29 is 9.53 Å². The fourth-order valence-electron chi connectivity index (χ4n) is 2.13. The highest BCUT2D eigenvalue weighted by Crippen LogP contribution is 2.20. The molecule has 1 amide bonds. The molecule has 0 aliphatic carbocycles. The molecule has 0 atom stereocenters. The zero-order chi connectivity index (χ0) is 16.2. The maximum atomic E-state index is 11.5. The molecule has 0 saturated heterocycles. The van der Waals surface area contributed by atoms with E-state index in [0.717, 1.165) is 22.0 Å². The van der Waals surface area contributed by atoms with Crippen LogP contribution in [0.15, 0.2) is 36.5 Å². The highest BCUT2D eigenvalue weighted by molar-refractivity contribution is 5.84. The SMILES string of the molecule is Cc1c(C=CCNC(=O)OC(C)(C)C)ccc2cccnc12. The van der Waals surface area contributed by atoms with Crippen molar-refractivity contribution in [3.63, 3.8) is 0 Å². The minimum atomic E-state index is -0.478. The standard InChI is InChI=1S/C18H22N2O2/c1-13-14(9-10-15-8-6-11-19-16(13)15)7-5-12-20-17(21)22-18(2,3)4/h5-11H,12H2,1-4H3,(H,20,21). The Kier molecular flexibility index (Phi) is 4.81. The van der Waals surface area contributed by atoms with Crippen molar-refractivity contribution in [3.05, 3.63) is 47.7 Å². The first-order valence-corrected chi connectivity index (χ1v) is 7.34. The summed E-state index contributed by atoms with van der Waals surface area (Å²) >= 11 is 0. The van der Waals surface area contributed by atoms with Crippen molar-refractivity contribution in [3.8, 4) is 0 Å². The smallest absolute Gasteiger partial charge is 0.407 e. The summed E-state index contributed by atoms with van der Waals surface area (Å²) in [7, 11) is 0. The Balaban J connectivity index is 1.99. The molecule has 0 unspecified atom stereocenters. The number of fused-ring (bicyclic) bond motifs is 1. The van der Waals surface area contributed by atoms with Gasteiger partial charge in [-0.05, 0) is 44.9 Å². The first kappa shape index (κ1) is 16.0. The maximum absolute atomic E-state index is 11.5. The van der Waals surface area contributed by atoms with Gasteiger partial charge in [0.2, 0.25) is 0 Å². The van der Waals surface area contributed by atoms with Crippen LogP contribution in [0.1, 0.15) is 31.9 Å². The van der Waals surface area contributed by atoms with Gasteiger partial charge >= 0.3 is 6.09 Å². The lowest BCUT2D eigenvalue weighted by Gasteiger charge is -2.19. The normalized spacial score (nSPS) is 11.8. The number of benzene rings is 1. The van der Waals surface area contributed by atoms with E-state index in [1.54, 1.807) is 6.20 Å². The third-order valence-electron chi connectivity index (χ3n) is 3.13. The van der Waals surface area contributed by atoms with Crippen LogP contribution >= 0.6 is 0 Å². The van der Waals surface area contributed by atoms with Crippen molar-refractivity contribution in [2.75, 3.05) is 6.54 Å². The van der Waals surface area contributed by atoms with Crippen molar-refractivity contribution >= 4 is 23.1 Å². The zero-order valence-electron chi connectivity index (χ0n) is 13.5. The van der Waals surface area contributed by atoms with E-state index >= 15 is 0 Å². The predicted octanol–water partition coefficient (Wildman–Crippen LogP) is 4.08. The number of carbonyl (C=O) groups is 1. The fraction of sp³-hybridized carbons (Fsp3) is 0.333. The second-order valence-corrected chi connectivity index (χ2v) is 6.14. The molecule has 4 heteroatoms. The molecular weight excluding hydrogens is 276 g/mol. The van der Waals surface area contributed by atoms with Gasteiger partial charge in [-0.3, -0.25) is 4.98 Å². The molecular formula is C18H22N2O2. The summed E-state index contributed by atoms with van der Waals surface area (Å²) in [4.78, 5) is 15.9. The number of amides is 1. The number of hydrogen-bond donors (Lipinski definition) is 1. The van der Waals surface area contributed by atoms with Crippen LogP contribution in [0.3, 0.4) is 0 Å². The predicted molar refractivity (Wildman–Crippen MR) is 89.8 cm³/mol. The Labute approximate surface area is 131 Å². The Morgan fingerprint density at radius 1 is 1.32 bits per heavy atom. The molecule has 0 saturated carbocycles. The summed E-state index contributed by atoms with van der Waals surface area (Å²) in [5.41, 5.74) is 2.75. The molecule has 0 fully saturated rings. The molecule has 2 aromatic rings. The first-order chi connectivity index (χ1) is 10.4. The van der Waals surface area contributed by atoms with E-state index < -0.39 is 11.7 Å². The number of ether oxygens (including phenoxy) is 1. The summed E-state index contributed by atoms with van der Waals surface area (Å²) < 4.78 is 5.18. The third kappa shape index (κ3) is 4.32. The van der Waals surface area contributed by atoms with E-state index in [-0.39, 0.29) is 0 Å². The van der Waals surface area contributed by atoms with Gasteiger partial charge in [0.25, 0.3) is 0 Å². The lowest BCUT2D eigenvalue weighted by molar-refractivity contribution is 0.0534.